The van der Waals surface area contributed by atoms with Crippen molar-refractivity contribution < 1.29 is 13.9 Å². The Morgan fingerprint density at radius 3 is 2.62 bits per heavy atom. The van der Waals surface area contributed by atoms with E-state index in [1.54, 1.807) is 12.1 Å². The summed E-state index contributed by atoms with van der Waals surface area (Å²) in [6.45, 7) is 0.870. The van der Waals surface area contributed by atoms with Crippen LogP contribution in [-0.4, -0.2) is 20.4 Å². The second-order valence-electron chi connectivity index (χ2n) is 5.08. The summed E-state index contributed by atoms with van der Waals surface area (Å²) >= 11 is 0. The topological polar surface area (TPSA) is 47.7 Å². The summed E-state index contributed by atoms with van der Waals surface area (Å²) in [4.78, 5) is 1.99. The minimum absolute atomic E-state index is 0.172. The molecule has 1 atom stereocenters. The van der Waals surface area contributed by atoms with Crippen molar-refractivity contribution in [2.75, 3.05) is 25.3 Å². The summed E-state index contributed by atoms with van der Waals surface area (Å²) in [5, 5.41) is 0. The molecule has 0 radical (unpaired) electrons. The summed E-state index contributed by atoms with van der Waals surface area (Å²) in [7, 11) is 1.93. The van der Waals surface area contributed by atoms with Crippen molar-refractivity contribution in [1.29, 1.82) is 0 Å². The summed E-state index contributed by atoms with van der Waals surface area (Å²) in [5.74, 6) is 1.23. The van der Waals surface area contributed by atoms with E-state index in [1.165, 1.54) is 12.1 Å². The molecule has 0 aliphatic carbocycles. The number of benzene rings is 2. The third kappa shape index (κ3) is 2.92. The minimum atomic E-state index is -0.243. The molecule has 2 aromatic carbocycles. The molecule has 0 bridgehead atoms. The molecular formula is C16H17FN2O2. The maximum atomic E-state index is 12.9. The second kappa shape index (κ2) is 5.61. The van der Waals surface area contributed by atoms with Crippen LogP contribution in [0.15, 0.2) is 42.5 Å². The number of hydrogen-bond acceptors (Lipinski definition) is 4. The van der Waals surface area contributed by atoms with Gasteiger partial charge in [0.15, 0.2) is 11.5 Å². The first kappa shape index (κ1) is 13.7. The standard InChI is InChI=1S/C16H17FN2O2/c1-19(13-5-3-12(17)4-6-13)9-14(18)11-2-7-15-16(8-11)21-10-20-15/h2-8,14H,9-10,18H2,1H3. The second-order valence-corrected chi connectivity index (χ2v) is 5.08. The van der Waals surface area contributed by atoms with Crippen LogP contribution in [0.5, 0.6) is 11.5 Å². The lowest BCUT2D eigenvalue weighted by Crippen LogP contribution is -2.28. The van der Waals surface area contributed by atoms with Gasteiger partial charge in [0.25, 0.3) is 0 Å². The van der Waals surface area contributed by atoms with E-state index in [9.17, 15) is 4.39 Å². The number of hydrogen-bond donors (Lipinski definition) is 1. The van der Waals surface area contributed by atoms with Crippen molar-refractivity contribution >= 4 is 5.69 Å². The van der Waals surface area contributed by atoms with Crippen LogP contribution in [0.25, 0.3) is 0 Å². The molecule has 0 saturated carbocycles. The van der Waals surface area contributed by atoms with Crippen molar-refractivity contribution in [3.63, 3.8) is 0 Å². The molecule has 1 unspecified atom stereocenters. The highest BCUT2D eigenvalue weighted by atomic mass is 19.1. The Kier molecular flexibility index (Phi) is 3.66. The highest BCUT2D eigenvalue weighted by Gasteiger charge is 2.17. The highest BCUT2D eigenvalue weighted by Crippen LogP contribution is 2.34. The fourth-order valence-corrected chi connectivity index (χ4v) is 2.35. The molecule has 4 nitrogen and oxygen atoms in total. The number of halogens is 1. The van der Waals surface area contributed by atoms with Crippen molar-refractivity contribution in [2.24, 2.45) is 5.73 Å². The van der Waals surface area contributed by atoms with Gasteiger partial charge in [0.1, 0.15) is 5.82 Å². The monoisotopic (exact) mass is 288 g/mol. The van der Waals surface area contributed by atoms with Gasteiger partial charge in [-0.05, 0) is 42.0 Å². The van der Waals surface area contributed by atoms with Gasteiger partial charge in [0, 0.05) is 25.3 Å². The number of nitrogens with zero attached hydrogens (tertiary/aromatic N) is 1. The Morgan fingerprint density at radius 1 is 1.14 bits per heavy atom. The van der Waals surface area contributed by atoms with Crippen molar-refractivity contribution in [2.45, 2.75) is 6.04 Å². The molecular weight excluding hydrogens is 271 g/mol. The highest BCUT2D eigenvalue weighted by molar-refractivity contribution is 5.48. The Hall–Kier alpha value is -2.27. The van der Waals surface area contributed by atoms with Crippen LogP contribution in [0.4, 0.5) is 10.1 Å². The molecule has 21 heavy (non-hydrogen) atoms. The zero-order valence-corrected chi connectivity index (χ0v) is 11.8. The van der Waals surface area contributed by atoms with Gasteiger partial charge in [-0.1, -0.05) is 6.07 Å². The fourth-order valence-electron chi connectivity index (χ4n) is 2.35. The van der Waals surface area contributed by atoms with Gasteiger partial charge in [-0.25, -0.2) is 4.39 Å². The lowest BCUT2D eigenvalue weighted by Gasteiger charge is -2.23. The molecule has 1 aliphatic rings. The van der Waals surface area contributed by atoms with Crippen LogP contribution >= 0.6 is 0 Å². The maximum Gasteiger partial charge on any atom is 0.231 e. The molecule has 1 heterocycles. The number of fused-ring (bicyclic) bond motifs is 1. The normalized spacial score (nSPS) is 14.0. The first-order valence-electron chi connectivity index (χ1n) is 6.75. The number of rotatable bonds is 4. The van der Waals surface area contributed by atoms with E-state index in [2.05, 4.69) is 0 Å². The van der Waals surface area contributed by atoms with Crippen LogP contribution in [0, 0.1) is 5.82 Å². The van der Waals surface area contributed by atoms with E-state index in [0.717, 1.165) is 22.7 Å². The van der Waals surface area contributed by atoms with Gasteiger partial charge in [-0.3, -0.25) is 0 Å². The molecule has 0 saturated heterocycles. The number of likely N-dealkylation sites (N-methyl/N-ethyl adjacent to an activating group) is 1. The van der Waals surface area contributed by atoms with Gasteiger partial charge in [-0.2, -0.15) is 0 Å². The average molecular weight is 288 g/mol. The molecule has 110 valence electrons. The van der Waals surface area contributed by atoms with E-state index >= 15 is 0 Å². The van der Waals surface area contributed by atoms with Crippen molar-refractivity contribution in [3.8, 4) is 11.5 Å². The molecule has 1 aliphatic heterocycles. The van der Waals surface area contributed by atoms with Gasteiger partial charge in [-0.15, -0.1) is 0 Å². The lowest BCUT2D eigenvalue weighted by molar-refractivity contribution is 0.174. The summed E-state index contributed by atoms with van der Waals surface area (Å²) in [6, 6.07) is 11.9. The molecule has 0 spiro atoms. The summed E-state index contributed by atoms with van der Waals surface area (Å²) in [6.07, 6.45) is 0. The van der Waals surface area contributed by atoms with E-state index in [1.807, 2.05) is 30.1 Å². The fraction of sp³-hybridized carbons (Fsp3) is 0.250. The molecule has 0 aromatic heterocycles. The van der Waals surface area contributed by atoms with Crippen LogP contribution < -0.4 is 20.1 Å². The predicted octanol–water partition coefficient (Wildman–Crippen LogP) is 2.69. The number of anilines is 1. The van der Waals surface area contributed by atoms with Crippen LogP contribution in [0.3, 0.4) is 0 Å². The summed E-state index contributed by atoms with van der Waals surface area (Å²) in [5.41, 5.74) is 8.15. The largest absolute Gasteiger partial charge is 0.454 e. The van der Waals surface area contributed by atoms with Crippen LogP contribution in [-0.2, 0) is 0 Å². The quantitative estimate of drug-likeness (QED) is 0.939. The summed E-state index contributed by atoms with van der Waals surface area (Å²) < 4.78 is 23.6. The van der Waals surface area contributed by atoms with E-state index in [4.69, 9.17) is 15.2 Å². The Labute approximate surface area is 122 Å². The first-order valence-corrected chi connectivity index (χ1v) is 6.75. The van der Waals surface area contributed by atoms with E-state index in [-0.39, 0.29) is 18.7 Å². The minimum Gasteiger partial charge on any atom is -0.454 e. The van der Waals surface area contributed by atoms with E-state index < -0.39 is 0 Å². The van der Waals surface area contributed by atoms with Gasteiger partial charge in [0.05, 0.1) is 0 Å². The SMILES string of the molecule is CN(CC(N)c1ccc2c(c1)OCO2)c1ccc(F)cc1. The van der Waals surface area contributed by atoms with Crippen molar-refractivity contribution in [3.05, 3.63) is 53.8 Å². The third-order valence-electron chi connectivity index (χ3n) is 3.56. The van der Waals surface area contributed by atoms with Gasteiger partial charge in [0.2, 0.25) is 6.79 Å². The van der Waals surface area contributed by atoms with Crippen molar-refractivity contribution in [1.82, 2.24) is 0 Å². The number of nitrogens with two attached hydrogens (primary N) is 1. The Bertz CT molecular complexity index is 631. The van der Waals surface area contributed by atoms with E-state index in [0.29, 0.717) is 6.54 Å². The molecule has 0 fully saturated rings. The van der Waals surface area contributed by atoms with Gasteiger partial charge >= 0.3 is 0 Å². The average Bonchev–Trinajstić information content (AvgIpc) is 2.95. The smallest absolute Gasteiger partial charge is 0.231 e. The molecule has 2 N–H and O–H groups in total. The lowest BCUT2D eigenvalue weighted by atomic mass is 10.1. The zero-order valence-electron chi connectivity index (χ0n) is 11.8. The zero-order chi connectivity index (χ0) is 14.8. The predicted molar refractivity (Wildman–Crippen MR) is 79.2 cm³/mol. The molecule has 2 aromatic rings. The first-order chi connectivity index (χ1) is 10.1. The van der Waals surface area contributed by atoms with Gasteiger partial charge < -0.3 is 20.1 Å². The number of ether oxygens (including phenoxy) is 2. The molecule has 5 heteroatoms. The third-order valence-corrected chi connectivity index (χ3v) is 3.56. The molecule has 0 amide bonds. The van der Waals surface area contributed by atoms with Crippen LogP contribution in [0.2, 0.25) is 0 Å². The maximum absolute atomic E-state index is 12.9. The van der Waals surface area contributed by atoms with Crippen LogP contribution in [0.1, 0.15) is 11.6 Å². The Morgan fingerprint density at radius 2 is 1.86 bits per heavy atom. The Balaban J connectivity index is 1.70. The molecule has 3 rings (SSSR count).